The van der Waals surface area contributed by atoms with Gasteiger partial charge in [-0.05, 0) is 76.6 Å². The zero-order valence-corrected chi connectivity index (χ0v) is 14.2. The molecule has 0 radical (unpaired) electrons. The Hall–Kier alpha value is -2.36. The number of nitrogens with one attached hydrogen (secondary N) is 1. The largest absolute Gasteiger partial charge is 0.365 e. The summed E-state index contributed by atoms with van der Waals surface area (Å²) in [6.45, 7) is 10.5. The Kier molecular flexibility index (Phi) is 3.63. The Labute approximate surface area is 136 Å². The molecule has 0 fully saturated rings. The molecule has 1 aromatic carbocycles. The van der Waals surface area contributed by atoms with Gasteiger partial charge in [0.25, 0.3) is 0 Å². The zero-order valence-electron chi connectivity index (χ0n) is 14.2. The number of aryl methyl sites for hydroxylation is 2. The Balaban J connectivity index is 2.29. The molecular weight excluding hydrogens is 289 g/mol. The molecule has 0 aliphatic heterocycles. The van der Waals surface area contributed by atoms with Gasteiger partial charge < -0.3 is 5.32 Å². The molecule has 0 aliphatic rings. The van der Waals surface area contributed by atoms with E-state index in [1.165, 1.54) is 17.7 Å². The lowest BCUT2D eigenvalue weighted by molar-refractivity contribution is 0.627. The van der Waals surface area contributed by atoms with E-state index in [4.69, 9.17) is 4.98 Å². The Morgan fingerprint density at radius 1 is 1.04 bits per heavy atom. The molecule has 3 nitrogen and oxygen atoms in total. The summed E-state index contributed by atoms with van der Waals surface area (Å²) in [6, 6.07) is 10.7. The minimum Gasteiger partial charge on any atom is -0.365 e. The summed E-state index contributed by atoms with van der Waals surface area (Å²) < 4.78 is 15.4. The first-order valence-corrected chi connectivity index (χ1v) is 7.78. The van der Waals surface area contributed by atoms with E-state index >= 15 is 0 Å². The molecule has 4 heteroatoms. The highest BCUT2D eigenvalue weighted by molar-refractivity contribution is 5.77. The monoisotopic (exact) mass is 311 g/mol. The van der Waals surface area contributed by atoms with Gasteiger partial charge in [-0.15, -0.1) is 0 Å². The molecule has 3 rings (SSSR count). The molecule has 0 spiro atoms. The van der Waals surface area contributed by atoms with Gasteiger partial charge in [0.05, 0.1) is 0 Å². The van der Waals surface area contributed by atoms with Crippen molar-refractivity contribution in [3.05, 3.63) is 53.5 Å². The van der Waals surface area contributed by atoms with Gasteiger partial charge in [-0.3, -0.25) is 4.40 Å². The summed E-state index contributed by atoms with van der Waals surface area (Å²) in [7, 11) is 0. The van der Waals surface area contributed by atoms with Crippen molar-refractivity contribution in [3.8, 4) is 11.3 Å². The molecular formula is C19H22FN3. The number of hydrogen-bond donors (Lipinski definition) is 1. The maximum atomic E-state index is 13.3. The lowest BCUT2D eigenvalue weighted by Crippen LogP contribution is -2.27. The average Bonchev–Trinajstić information content (AvgIpc) is 2.76. The van der Waals surface area contributed by atoms with Crippen molar-refractivity contribution in [1.29, 1.82) is 0 Å². The Bertz CT molecular complexity index is 855. The normalized spacial score (nSPS) is 11.9. The first kappa shape index (κ1) is 15.5. The van der Waals surface area contributed by atoms with Crippen LogP contribution in [0.3, 0.4) is 0 Å². The van der Waals surface area contributed by atoms with Crippen molar-refractivity contribution in [2.24, 2.45) is 0 Å². The number of pyridine rings is 1. The summed E-state index contributed by atoms with van der Waals surface area (Å²) in [5.41, 5.74) is 4.82. The van der Waals surface area contributed by atoms with E-state index in [1.54, 1.807) is 12.1 Å². The van der Waals surface area contributed by atoms with E-state index < -0.39 is 0 Å². The summed E-state index contributed by atoms with van der Waals surface area (Å²) in [4.78, 5) is 4.80. The maximum Gasteiger partial charge on any atom is 0.139 e. The van der Waals surface area contributed by atoms with Gasteiger partial charge in [0.1, 0.15) is 23.0 Å². The third-order valence-corrected chi connectivity index (χ3v) is 3.66. The van der Waals surface area contributed by atoms with Crippen LogP contribution in [0.2, 0.25) is 0 Å². The van der Waals surface area contributed by atoms with Crippen LogP contribution in [0.1, 0.15) is 32.0 Å². The summed E-state index contributed by atoms with van der Waals surface area (Å²) >= 11 is 0. The first-order valence-electron chi connectivity index (χ1n) is 7.78. The van der Waals surface area contributed by atoms with E-state index in [0.717, 1.165) is 28.4 Å². The molecule has 0 unspecified atom stereocenters. The SMILES string of the molecule is Cc1cc(C)n2c(NC(C)(C)C)c(-c3ccc(F)cc3)nc2c1. The van der Waals surface area contributed by atoms with Crippen LogP contribution in [-0.2, 0) is 0 Å². The summed E-state index contributed by atoms with van der Waals surface area (Å²) in [5, 5.41) is 3.55. The number of halogens is 1. The standard InChI is InChI=1S/C19H22FN3/c1-12-10-13(2)23-16(11-12)21-17(18(23)22-19(3,4)5)14-6-8-15(20)9-7-14/h6-11,22H,1-5H3. The second-order valence-electron chi connectivity index (χ2n) is 7.06. The number of aromatic nitrogens is 2. The smallest absolute Gasteiger partial charge is 0.139 e. The molecule has 2 heterocycles. The number of rotatable bonds is 2. The molecule has 1 N–H and O–H groups in total. The fraction of sp³-hybridized carbons (Fsp3) is 0.316. The van der Waals surface area contributed by atoms with Gasteiger partial charge in [0.2, 0.25) is 0 Å². The Morgan fingerprint density at radius 3 is 2.30 bits per heavy atom. The van der Waals surface area contributed by atoms with E-state index in [2.05, 4.69) is 56.5 Å². The van der Waals surface area contributed by atoms with Crippen LogP contribution >= 0.6 is 0 Å². The number of benzene rings is 1. The zero-order chi connectivity index (χ0) is 16.8. The third-order valence-electron chi connectivity index (χ3n) is 3.66. The molecule has 0 aliphatic carbocycles. The van der Waals surface area contributed by atoms with Crippen molar-refractivity contribution in [2.75, 3.05) is 5.32 Å². The summed E-state index contributed by atoms with van der Waals surface area (Å²) in [6.07, 6.45) is 0. The molecule has 0 saturated heterocycles. The predicted octanol–water partition coefficient (Wildman–Crippen LogP) is 4.97. The lowest BCUT2D eigenvalue weighted by atomic mass is 10.1. The predicted molar refractivity (Wildman–Crippen MR) is 93.4 cm³/mol. The van der Waals surface area contributed by atoms with Crippen LogP contribution in [-0.4, -0.2) is 14.9 Å². The van der Waals surface area contributed by atoms with Gasteiger partial charge in [-0.2, -0.15) is 0 Å². The number of fused-ring (bicyclic) bond motifs is 1. The van der Waals surface area contributed by atoms with Crippen LogP contribution in [0.25, 0.3) is 16.9 Å². The number of imidazole rings is 1. The van der Waals surface area contributed by atoms with Crippen LogP contribution in [0.4, 0.5) is 10.2 Å². The summed E-state index contributed by atoms with van der Waals surface area (Å²) in [5.74, 6) is 0.700. The number of hydrogen-bond acceptors (Lipinski definition) is 2. The first-order chi connectivity index (χ1) is 10.7. The van der Waals surface area contributed by atoms with Gasteiger partial charge in [0.15, 0.2) is 0 Å². The van der Waals surface area contributed by atoms with Crippen LogP contribution in [0.5, 0.6) is 0 Å². The van der Waals surface area contributed by atoms with Gasteiger partial charge in [-0.1, -0.05) is 0 Å². The van der Waals surface area contributed by atoms with Crippen molar-refractivity contribution < 1.29 is 4.39 Å². The molecule has 120 valence electrons. The molecule has 0 atom stereocenters. The van der Waals surface area contributed by atoms with Crippen molar-refractivity contribution in [3.63, 3.8) is 0 Å². The topological polar surface area (TPSA) is 29.3 Å². The average molecular weight is 311 g/mol. The van der Waals surface area contributed by atoms with E-state index in [9.17, 15) is 4.39 Å². The Morgan fingerprint density at radius 2 is 1.70 bits per heavy atom. The second-order valence-corrected chi connectivity index (χ2v) is 7.06. The molecule has 23 heavy (non-hydrogen) atoms. The van der Waals surface area contributed by atoms with Crippen molar-refractivity contribution in [2.45, 2.75) is 40.2 Å². The molecule has 0 bridgehead atoms. The van der Waals surface area contributed by atoms with Crippen molar-refractivity contribution >= 4 is 11.5 Å². The van der Waals surface area contributed by atoms with Gasteiger partial charge in [0, 0.05) is 16.8 Å². The lowest BCUT2D eigenvalue weighted by Gasteiger charge is -2.23. The van der Waals surface area contributed by atoms with Crippen LogP contribution in [0, 0.1) is 19.7 Å². The van der Waals surface area contributed by atoms with E-state index in [0.29, 0.717) is 0 Å². The molecule has 2 aromatic heterocycles. The highest BCUT2D eigenvalue weighted by Gasteiger charge is 2.20. The fourth-order valence-electron chi connectivity index (χ4n) is 2.81. The highest BCUT2D eigenvalue weighted by Crippen LogP contribution is 2.32. The molecule has 0 saturated carbocycles. The van der Waals surface area contributed by atoms with E-state index in [1.807, 2.05) is 0 Å². The van der Waals surface area contributed by atoms with Gasteiger partial charge >= 0.3 is 0 Å². The molecule has 0 amide bonds. The fourth-order valence-corrected chi connectivity index (χ4v) is 2.81. The van der Waals surface area contributed by atoms with Crippen LogP contribution in [0.15, 0.2) is 36.4 Å². The maximum absolute atomic E-state index is 13.3. The number of nitrogens with zero attached hydrogens (tertiary/aromatic N) is 2. The highest BCUT2D eigenvalue weighted by atomic mass is 19.1. The second kappa shape index (κ2) is 5.37. The third kappa shape index (κ3) is 3.07. The van der Waals surface area contributed by atoms with E-state index in [-0.39, 0.29) is 11.4 Å². The minimum atomic E-state index is -0.241. The molecule has 3 aromatic rings. The quantitative estimate of drug-likeness (QED) is 0.724. The van der Waals surface area contributed by atoms with Crippen LogP contribution < -0.4 is 5.32 Å². The van der Waals surface area contributed by atoms with Gasteiger partial charge in [-0.25, -0.2) is 9.37 Å². The number of anilines is 1. The minimum absolute atomic E-state index is 0.109. The van der Waals surface area contributed by atoms with Crippen molar-refractivity contribution in [1.82, 2.24) is 9.38 Å².